The number of ether oxygens (including phenoxy) is 2. The zero-order valence-electron chi connectivity index (χ0n) is 21.1. The van der Waals surface area contributed by atoms with Crippen molar-refractivity contribution in [3.8, 4) is 28.4 Å². The first-order valence-corrected chi connectivity index (χ1v) is 12.6. The van der Waals surface area contributed by atoms with Gasteiger partial charge >= 0.3 is 0 Å². The molecule has 35 heavy (non-hydrogen) atoms. The van der Waals surface area contributed by atoms with E-state index < -0.39 is 0 Å². The van der Waals surface area contributed by atoms with Gasteiger partial charge in [0.2, 0.25) is 0 Å². The van der Waals surface area contributed by atoms with Crippen LogP contribution in [0.1, 0.15) is 44.4 Å². The highest BCUT2D eigenvalue weighted by Gasteiger charge is 2.27. The average molecular weight is 494 g/mol. The lowest BCUT2D eigenvalue weighted by molar-refractivity contribution is 0.302. The van der Waals surface area contributed by atoms with Crippen LogP contribution >= 0.6 is 12.0 Å². The first kappa shape index (κ1) is 25.0. The van der Waals surface area contributed by atoms with Crippen LogP contribution in [0.5, 0.6) is 17.2 Å². The van der Waals surface area contributed by atoms with Crippen molar-refractivity contribution in [3.05, 3.63) is 77.1 Å². The monoisotopic (exact) mass is 493 g/mol. The number of fused-ring (bicyclic) bond motifs is 1. The number of benzene rings is 3. The second kappa shape index (κ2) is 10.2. The van der Waals surface area contributed by atoms with Crippen molar-refractivity contribution in [1.82, 2.24) is 0 Å². The fraction of sp³-hybridized carbons (Fsp3) is 0.310. The van der Waals surface area contributed by atoms with E-state index in [0.29, 0.717) is 11.5 Å². The number of anilines is 1. The maximum absolute atomic E-state index is 13.9. The third-order valence-electron chi connectivity index (χ3n) is 6.00. The van der Waals surface area contributed by atoms with Gasteiger partial charge in [-0.3, -0.25) is 0 Å². The molecule has 0 aromatic heterocycles. The molecule has 3 aromatic rings. The Bertz CT molecular complexity index is 1270. The summed E-state index contributed by atoms with van der Waals surface area (Å²) in [5.74, 6) is 2.52. The minimum absolute atomic E-state index is 0.163. The van der Waals surface area contributed by atoms with Gasteiger partial charge in [-0.25, -0.2) is 4.39 Å². The number of methoxy groups -OCH3 is 1. The quantitative estimate of drug-likeness (QED) is 0.322. The molecule has 184 valence electrons. The molecule has 0 saturated carbocycles. The molecule has 4 nitrogen and oxygen atoms in total. The summed E-state index contributed by atoms with van der Waals surface area (Å²) in [7, 11) is 1.66. The second-order valence-electron chi connectivity index (χ2n) is 9.24. The zero-order chi connectivity index (χ0) is 25.2. The molecule has 0 atom stereocenters. The molecule has 0 fully saturated rings. The van der Waals surface area contributed by atoms with Crippen LogP contribution in [-0.2, 0) is 6.61 Å². The molecular formula is C29H32FNO3S. The van der Waals surface area contributed by atoms with Crippen molar-refractivity contribution in [3.63, 3.8) is 0 Å². The molecule has 0 bridgehead atoms. The van der Waals surface area contributed by atoms with Gasteiger partial charge in [0.05, 0.1) is 24.7 Å². The number of hydrogen-bond acceptors (Lipinski definition) is 5. The summed E-state index contributed by atoms with van der Waals surface area (Å²) >= 11 is 1.39. The van der Waals surface area contributed by atoms with Crippen LogP contribution in [0.2, 0.25) is 0 Å². The SMILES string of the molecule is CCSOc1ccc(-c2ccc3c(c2COc2cc(F)ccc2C)C(C)=CC(C)(C)N3)c(OC)c1. The van der Waals surface area contributed by atoms with E-state index in [1.807, 2.05) is 32.0 Å². The number of rotatable bonds is 8. The minimum atomic E-state index is -0.317. The highest BCUT2D eigenvalue weighted by atomic mass is 32.2. The van der Waals surface area contributed by atoms with E-state index in [1.165, 1.54) is 29.7 Å². The molecule has 1 N–H and O–H groups in total. The summed E-state index contributed by atoms with van der Waals surface area (Å²) in [5.41, 5.74) is 6.98. The fourth-order valence-electron chi connectivity index (χ4n) is 4.55. The van der Waals surface area contributed by atoms with Crippen LogP contribution in [0.15, 0.2) is 54.6 Å². The lowest BCUT2D eigenvalue weighted by Crippen LogP contribution is -2.32. The highest BCUT2D eigenvalue weighted by Crippen LogP contribution is 2.43. The Labute approximate surface area is 211 Å². The molecule has 6 heteroatoms. The molecule has 0 radical (unpaired) electrons. The standard InChI is InChI=1S/C29H32FNO3S/c1-7-35-34-21-10-11-23(27(15-21)32-6)22-12-13-25-28(19(3)16-29(4,5)31-25)24(22)17-33-26-14-20(30)9-8-18(26)2/h8-16,31H,7,17H2,1-6H3. The van der Waals surface area contributed by atoms with Gasteiger partial charge < -0.3 is 19.0 Å². The molecule has 0 unspecified atom stereocenters. The first-order valence-electron chi connectivity index (χ1n) is 11.7. The summed E-state index contributed by atoms with van der Waals surface area (Å²) in [6, 6.07) is 14.7. The Hall–Kier alpha value is -3.12. The minimum Gasteiger partial charge on any atom is -0.496 e. The normalized spacial score (nSPS) is 14.0. The van der Waals surface area contributed by atoms with Crippen molar-refractivity contribution in [2.24, 2.45) is 0 Å². The molecule has 3 aromatic carbocycles. The van der Waals surface area contributed by atoms with Crippen LogP contribution in [0.4, 0.5) is 10.1 Å². The largest absolute Gasteiger partial charge is 0.496 e. The van der Waals surface area contributed by atoms with Gasteiger partial charge in [0.25, 0.3) is 0 Å². The van der Waals surface area contributed by atoms with E-state index in [0.717, 1.165) is 45.0 Å². The molecule has 1 aliphatic heterocycles. The Morgan fingerprint density at radius 1 is 0.971 bits per heavy atom. The molecule has 0 amide bonds. The van der Waals surface area contributed by atoms with Gasteiger partial charge in [-0.05, 0) is 68.7 Å². The van der Waals surface area contributed by atoms with E-state index in [2.05, 4.69) is 44.3 Å². The van der Waals surface area contributed by atoms with E-state index in [9.17, 15) is 4.39 Å². The van der Waals surface area contributed by atoms with Gasteiger partial charge in [-0.2, -0.15) is 0 Å². The number of hydrogen-bond donors (Lipinski definition) is 1. The Kier molecular flexibility index (Phi) is 7.31. The first-order chi connectivity index (χ1) is 16.7. The predicted octanol–water partition coefficient (Wildman–Crippen LogP) is 8.04. The molecule has 0 saturated heterocycles. The Morgan fingerprint density at radius 3 is 2.49 bits per heavy atom. The predicted molar refractivity (Wildman–Crippen MR) is 144 cm³/mol. The van der Waals surface area contributed by atoms with Crippen molar-refractivity contribution < 1.29 is 18.0 Å². The van der Waals surface area contributed by atoms with E-state index in [-0.39, 0.29) is 18.0 Å². The van der Waals surface area contributed by atoms with Crippen LogP contribution in [0.3, 0.4) is 0 Å². The van der Waals surface area contributed by atoms with E-state index >= 15 is 0 Å². The molecule has 0 aliphatic carbocycles. The molecule has 4 rings (SSSR count). The summed E-state index contributed by atoms with van der Waals surface area (Å²) < 4.78 is 31.7. The lowest BCUT2D eigenvalue weighted by atomic mass is 9.85. The molecular weight excluding hydrogens is 461 g/mol. The van der Waals surface area contributed by atoms with Crippen LogP contribution in [0, 0.1) is 12.7 Å². The van der Waals surface area contributed by atoms with Gasteiger partial charge in [0, 0.05) is 40.3 Å². The van der Waals surface area contributed by atoms with Crippen LogP contribution in [-0.4, -0.2) is 18.4 Å². The van der Waals surface area contributed by atoms with Crippen molar-refractivity contribution in [1.29, 1.82) is 0 Å². The van der Waals surface area contributed by atoms with Crippen LogP contribution < -0.4 is 19.0 Å². The summed E-state index contributed by atoms with van der Waals surface area (Å²) in [6.07, 6.45) is 2.23. The zero-order valence-corrected chi connectivity index (χ0v) is 21.9. The smallest absolute Gasteiger partial charge is 0.141 e. The van der Waals surface area contributed by atoms with E-state index in [1.54, 1.807) is 13.2 Å². The average Bonchev–Trinajstić information content (AvgIpc) is 2.82. The highest BCUT2D eigenvalue weighted by molar-refractivity contribution is 7.94. The van der Waals surface area contributed by atoms with Crippen LogP contribution in [0.25, 0.3) is 16.7 Å². The Balaban J connectivity index is 1.83. The lowest BCUT2D eigenvalue weighted by Gasteiger charge is -2.33. The van der Waals surface area contributed by atoms with Crippen molar-refractivity contribution in [2.45, 2.75) is 46.8 Å². The van der Waals surface area contributed by atoms with Gasteiger partial charge in [0.1, 0.15) is 29.7 Å². The molecule has 1 heterocycles. The summed E-state index contributed by atoms with van der Waals surface area (Å²) in [6.45, 7) is 10.7. The summed E-state index contributed by atoms with van der Waals surface area (Å²) in [5, 5.41) is 3.62. The molecule has 0 spiro atoms. The Morgan fingerprint density at radius 2 is 1.74 bits per heavy atom. The van der Waals surface area contributed by atoms with Gasteiger partial charge in [-0.1, -0.05) is 25.1 Å². The number of nitrogens with one attached hydrogen (secondary N) is 1. The second-order valence-corrected chi connectivity index (χ2v) is 10.2. The van der Waals surface area contributed by atoms with E-state index in [4.69, 9.17) is 13.7 Å². The summed E-state index contributed by atoms with van der Waals surface area (Å²) in [4.78, 5) is 0. The third kappa shape index (κ3) is 5.43. The maximum Gasteiger partial charge on any atom is 0.141 e. The topological polar surface area (TPSA) is 39.7 Å². The fourth-order valence-corrected chi connectivity index (χ4v) is 4.91. The van der Waals surface area contributed by atoms with Crippen molar-refractivity contribution in [2.75, 3.05) is 18.2 Å². The van der Waals surface area contributed by atoms with Gasteiger partial charge in [0.15, 0.2) is 0 Å². The van der Waals surface area contributed by atoms with Crippen molar-refractivity contribution >= 4 is 23.3 Å². The number of allylic oxidation sites excluding steroid dienone is 1. The van der Waals surface area contributed by atoms with Gasteiger partial charge in [-0.15, -0.1) is 0 Å². The third-order valence-corrected chi connectivity index (χ3v) is 6.55. The maximum atomic E-state index is 13.9. The molecule has 1 aliphatic rings. The number of aryl methyl sites for hydroxylation is 1. The number of halogens is 1.